The lowest BCUT2D eigenvalue weighted by molar-refractivity contribution is -0.0512. The number of carbonyl (C=O) groups excluding carboxylic acids is 1. The van der Waals surface area contributed by atoms with E-state index in [2.05, 4.69) is 14.7 Å². The SMILES string of the molecule is CCOC(=O)c1sc2nc(/C(Cl)=C/c3ccc(OC)c(OC(F)F)c3)[nH]c(=O)c2c1C. The van der Waals surface area contributed by atoms with Gasteiger partial charge in [0.2, 0.25) is 0 Å². The Bertz CT molecular complexity index is 1220. The summed E-state index contributed by atoms with van der Waals surface area (Å²) in [5.74, 6) is -0.513. The van der Waals surface area contributed by atoms with Gasteiger partial charge in [0.25, 0.3) is 5.56 Å². The van der Waals surface area contributed by atoms with Gasteiger partial charge in [0.15, 0.2) is 17.3 Å². The Morgan fingerprint density at radius 2 is 2.10 bits per heavy atom. The number of halogens is 3. The van der Waals surface area contributed by atoms with E-state index in [0.717, 1.165) is 11.3 Å². The van der Waals surface area contributed by atoms with Crippen molar-refractivity contribution in [3.05, 3.63) is 50.4 Å². The average Bonchev–Trinajstić information content (AvgIpc) is 3.05. The van der Waals surface area contributed by atoms with E-state index in [0.29, 0.717) is 16.0 Å². The molecule has 0 saturated heterocycles. The average molecular weight is 471 g/mol. The molecule has 0 amide bonds. The fourth-order valence-corrected chi connectivity index (χ4v) is 4.13. The van der Waals surface area contributed by atoms with Gasteiger partial charge in [-0.3, -0.25) is 4.79 Å². The molecule has 2 heterocycles. The smallest absolute Gasteiger partial charge is 0.387 e. The van der Waals surface area contributed by atoms with Gasteiger partial charge in [-0.2, -0.15) is 8.78 Å². The molecule has 3 rings (SSSR count). The van der Waals surface area contributed by atoms with Crippen molar-refractivity contribution in [2.75, 3.05) is 13.7 Å². The maximum atomic E-state index is 12.6. The second-order valence-electron chi connectivity index (χ2n) is 6.15. The minimum Gasteiger partial charge on any atom is -0.493 e. The van der Waals surface area contributed by atoms with Crippen LogP contribution in [0.1, 0.15) is 33.5 Å². The first-order chi connectivity index (χ1) is 14.7. The Labute approximate surface area is 184 Å². The van der Waals surface area contributed by atoms with Crippen LogP contribution in [0, 0.1) is 6.92 Å². The summed E-state index contributed by atoms with van der Waals surface area (Å²) >= 11 is 7.35. The number of hydrogen-bond donors (Lipinski definition) is 1. The van der Waals surface area contributed by atoms with E-state index >= 15 is 0 Å². The van der Waals surface area contributed by atoms with Gasteiger partial charge in [-0.1, -0.05) is 17.7 Å². The molecule has 164 valence electrons. The van der Waals surface area contributed by atoms with Crippen molar-refractivity contribution in [3.8, 4) is 11.5 Å². The number of fused-ring (bicyclic) bond motifs is 1. The van der Waals surface area contributed by atoms with Crippen molar-refractivity contribution in [1.29, 1.82) is 0 Å². The van der Waals surface area contributed by atoms with Crippen LogP contribution in [0.15, 0.2) is 23.0 Å². The van der Waals surface area contributed by atoms with Gasteiger partial charge in [-0.05, 0) is 43.2 Å². The van der Waals surface area contributed by atoms with Gasteiger partial charge in [-0.25, -0.2) is 9.78 Å². The quantitative estimate of drug-likeness (QED) is 0.498. The number of benzene rings is 1. The van der Waals surface area contributed by atoms with Gasteiger partial charge in [0.1, 0.15) is 9.71 Å². The highest BCUT2D eigenvalue weighted by molar-refractivity contribution is 7.20. The molecule has 0 radical (unpaired) electrons. The predicted molar refractivity (Wildman–Crippen MR) is 114 cm³/mol. The molecular weight excluding hydrogens is 454 g/mol. The fraction of sp³-hybridized carbons (Fsp3) is 0.250. The molecule has 2 aromatic heterocycles. The normalized spacial score (nSPS) is 11.8. The number of esters is 1. The highest BCUT2D eigenvalue weighted by Crippen LogP contribution is 2.32. The predicted octanol–water partition coefficient (Wildman–Crippen LogP) is 4.82. The Morgan fingerprint density at radius 3 is 2.74 bits per heavy atom. The zero-order valence-corrected chi connectivity index (χ0v) is 18.2. The number of carbonyl (C=O) groups is 1. The van der Waals surface area contributed by atoms with Crippen LogP contribution in [0.3, 0.4) is 0 Å². The Balaban J connectivity index is 2.02. The molecule has 0 aliphatic heterocycles. The minimum atomic E-state index is -3.03. The van der Waals surface area contributed by atoms with Gasteiger partial charge >= 0.3 is 12.6 Å². The molecule has 3 aromatic rings. The number of aromatic amines is 1. The van der Waals surface area contributed by atoms with Crippen LogP contribution in [-0.4, -0.2) is 36.3 Å². The summed E-state index contributed by atoms with van der Waals surface area (Å²) in [5.41, 5.74) is 0.425. The van der Waals surface area contributed by atoms with Crippen molar-refractivity contribution in [3.63, 3.8) is 0 Å². The summed E-state index contributed by atoms with van der Waals surface area (Å²) < 4.78 is 39.7. The summed E-state index contributed by atoms with van der Waals surface area (Å²) in [5, 5.41) is 0.328. The van der Waals surface area contributed by atoms with Crippen LogP contribution in [0.2, 0.25) is 0 Å². The molecule has 0 saturated carbocycles. The van der Waals surface area contributed by atoms with Gasteiger partial charge in [0, 0.05) is 0 Å². The number of ether oxygens (including phenoxy) is 3. The molecular formula is C20H17ClF2N2O5S. The zero-order chi connectivity index (χ0) is 22.7. The van der Waals surface area contributed by atoms with E-state index in [1.807, 2.05) is 0 Å². The highest BCUT2D eigenvalue weighted by atomic mass is 35.5. The van der Waals surface area contributed by atoms with Crippen molar-refractivity contribution in [2.45, 2.75) is 20.5 Å². The third kappa shape index (κ3) is 4.86. The first-order valence-electron chi connectivity index (χ1n) is 8.96. The van der Waals surface area contributed by atoms with Crippen LogP contribution in [0.5, 0.6) is 11.5 Å². The number of methoxy groups -OCH3 is 1. The van der Waals surface area contributed by atoms with E-state index in [1.165, 1.54) is 25.3 Å². The molecule has 1 aromatic carbocycles. The molecule has 0 fully saturated rings. The lowest BCUT2D eigenvalue weighted by Gasteiger charge is -2.10. The molecule has 7 nitrogen and oxygen atoms in total. The summed E-state index contributed by atoms with van der Waals surface area (Å²) in [4.78, 5) is 32.2. The standard InChI is InChI=1S/C20H17ClF2N2O5S/c1-4-29-19(27)15-9(2)14-17(26)24-16(25-18(14)31-15)11(21)7-10-5-6-12(28-3)13(8-10)30-20(22)23/h5-8,20H,4H2,1-3H3,(H,24,25,26)/b11-7-. The molecule has 0 atom stereocenters. The zero-order valence-electron chi connectivity index (χ0n) is 16.6. The van der Waals surface area contributed by atoms with Crippen LogP contribution in [-0.2, 0) is 4.74 Å². The monoisotopic (exact) mass is 470 g/mol. The first-order valence-corrected chi connectivity index (χ1v) is 10.2. The van der Waals surface area contributed by atoms with Gasteiger partial charge < -0.3 is 19.2 Å². The van der Waals surface area contributed by atoms with E-state index in [1.54, 1.807) is 19.9 Å². The van der Waals surface area contributed by atoms with E-state index in [9.17, 15) is 18.4 Å². The summed E-state index contributed by atoms with van der Waals surface area (Å²) in [7, 11) is 1.33. The van der Waals surface area contributed by atoms with Gasteiger partial charge in [-0.15, -0.1) is 11.3 Å². The molecule has 0 aliphatic carbocycles. The lowest BCUT2D eigenvalue weighted by atomic mass is 10.2. The summed E-state index contributed by atoms with van der Waals surface area (Å²) in [6, 6.07) is 4.34. The maximum absolute atomic E-state index is 12.6. The molecule has 1 N–H and O–H groups in total. The number of H-pyrrole nitrogens is 1. The summed E-state index contributed by atoms with van der Waals surface area (Å²) in [6.45, 7) is 0.501. The highest BCUT2D eigenvalue weighted by Gasteiger charge is 2.20. The van der Waals surface area contributed by atoms with E-state index < -0.39 is 18.1 Å². The second kappa shape index (κ2) is 9.44. The number of aryl methyl sites for hydroxylation is 1. The minimum absolute atomic E-state index is 0.0518. The van der Waals surface area contributed by atoms with Crippen molar-refractivity contribution >= 4 is 50.2 Å². The Morgan fingerprint density at radius 1 is 1.35 bits per heavy atom. The third-order valence-corrected chi connectivity index (χ3v) is 5.64. The van der Waals surface area contributed by atoms with Crippen LogP contribution in [0.4, 0.5) is 8.78 Å². The third-order valence-electron chi connectivity index (χ3n) is 4.18. The molecule has 0 bridgehead atoms. The number of rotatable bonds is 7. The Hall–Kier alpha value is -2.98. The number of hydrogen-bond acceptors (Lipinski definition) is 7. The number of nitrogens with one attached hydrogen (secondary N) is 1. The molecule has 0 aliphatic rings. The number of nitrogens with zero attached hydrogens (tertiary/aromatic N) is 1. The van der Waals surface area contributed by atoms with Crippen LogP contribution < -0.4 is 15.0 Å². The Kier molecular flexibility index (Phi) is 6.91. The van der Waals surface area contributed by atoms with Crippen molar-refractivity contribution in [1.82, 2.24) is 9.97 Å². The summed E-state index contributed by atoms with van der Waals surface area (Å²) in [6.07, 6.45) is 1.43. The topological polar surface area (TPSA) is 90.5 Å². The number of alkyl halides is 2. The second-order valence-corrected chi connectivity index (χ2v) is 7.56. The van der Waals surface area contributed by atoms with E-state index in [4.69, 9.17) is 21.1 Å². The molecule has 0 spiro atoms. The largest absolute Gasteiger partial charge is 0.493 e. The number of thiophene rings is 1. The first kappa shape index (κ1) is 22.7. The van der Waals surface area contributed by atoms with Crippen LogP contribution >= 0.6 is 22.9 Å². The van der Waals surface area contributed by atoms with Crippen LogP contribution in [0.25, 0.3) is 21.3 Å². The van der Waals surface area contributed by atoms with Crippen molar-refractivity contribution < 1.29 is 27.8 Å². The van der Waals surface area contributed by atoms with Gasteiger partial charge in [0.05, 0.1) is 24.1 Å². The van der Waals surface area contributed by atoms with Crippen molar-refractivity contribution in [2.24, 2.45) is 0 Å². The van der Waals surface area contributed by atoms with E-state index in [-0.39, 0.29) is 39.2 Å². The number of aromatic nitrogens is 2. The molecule has 0 unspecified atom stereocenters. The fourth-order valence-electron chi connectivity index (χ4n) is 2.83. The maximum Gasteiger partial charge on any atom is 0.387 e. The lowest BCUT2D eigenvalue weighted by Crippen LogP contribution is -2.11. The molecule has 31 heavy (non-hydrogen) atoms. The molecule has 11 heteroatoms.